The Morgan fingerprint density at radius 1 is 1.12 bits per heavy atom. The summed E-state index contributed by atoms with van der Waals surface area (Å²) in [4.78, 5) is 10.7. The molecule has 2 rings (SSSR count). The van der Waals surface area contributed by atoms with Gasteiger partial charge in [-0.3, -0.25) is 4.79 Å². The number of benzene rings is 2. The van der Waals surface area contributed by atoms with Crippen molar-refractivity contribution in [1.82, 2.24) is 0 Å². The van der Waals surface area contributed by atoms with E-state index in [1.807, 2.05) is 0 Å². The van der Waals surface area contributed by atoms with Crippen molar-refractivity contribution in [1.29, 1.82) is 0 Å². The van der Waals surface area contributed by atoms with E-state index in [4.69, 9.17) is 0 Å². The number of rotatable bonds is 2. The molecule has 0 amide bonds. The third-order valence-electron chi connectivity index (χ3n) is 2.27. The van der Waals surface area contributed by atoms with Gasteiger partial charge in [0.15, 0.2) is 0 Å². The zero-order chi connectivity index (χ0) is 11.5. The SMILES string of the molecule is O=Cc1cccc(-c2c(F)cccc2Br)c1. The molecule has 0 bridgehead atoms. The molecule has 0 fully saturated rings. The second kappa shape index (κ2) is 4.58. The fraction of sp³-hybridized carbons (Fsp3) is 0. The van der Waals surface area contributed by atoms with Gasteiger partial charge in [-0.05, 0) is 23.8 Å². The van der Waals surface area contributed by atoms with Crippen molar-refractivity contribution in [2.24, 2.45) is 0 Å². The van der Waals surface area contributed by atoms with E-state index < -0.39 is 0 Å². The molecule has 2 aromatic carbocycles. The Balaban J connectivity index is 2.62. The van der Waals surface area contributed by atoms with Gasteiger partial charge in [0, 0.05) is 15.6 Å². The van der Waals surface area contributed by atoms with E-state index in [9.17, 15) is 9.18 Å². The van der Waals surface area contributed by atoms with Crippen LogP contribution >= 0.6 is 15.9 Å². The van der Waals surface area contributed by atoms with Crippen LogP contribution in [0, 0.1) is 5.82 Å². The van der Waals surface area contributed by atoms with Gasteiger partial charge < -0.3 is 0 Å². The van der Waals surface area contributed by atoms with E-state index in [1.165, 1.54) is 6.07 Å². The van der Waals surface area contributed by atoms with Crippen LogP contribution in [-0.4, -0.2) is 6.29 Å². The second-order valence-electron chi connectivity index (χ2n) is 3.34. The smallest absolute Gasteiger partial charge is 0.150 e. The third kappa shape index (κ3) is 2.04. The van der Waals surface area contributed by atoms with Crippen LogP contribution in [0.4, 0.5) is 4.39 Å². The van der Waals surface area contributed by atoms with E-state index in [0.29, 0.717) is 21.2 Å². The zero-order valence-corrected chi connectivity index (χ0v) is 9.87. The van der Waals surface area contributed by atoms with E-state index in [0.717, 1.165) is 6.29 Å². The molecule has 0 N–H and O–H groups in total. The molecule has 3 heteroatoms. The van der Waals surface area contributed by atoms with Crippen LogP contribution in [0.15, 0.2) is 46.9 Å². The van der Waals surface area contributed by atoms with Gasteiger partial charge >= 0.3 is 0 Å². The van der Waals surface area contributed by atoms with Crippen LogP contribution in [0.5, 0.6) is 0 Å². The average Bonchev–Trinajstić information content (AvgIpc) is 2.29. The van der Waals surface area contributed by atoms with Crippen LogP contribution < -0.4 is 0 Å². The molecule has 0 unspecified atom stereocenters. The van der Waals surface area contributed by atoms with Gasteiger partial charge in [0.2, 0.25) is 0 Å². The molecule has 16 heavy (non-hydrogen) atoms. The summed E-state index contributed by atoms with van der Waals surface area (Å²) >= 11 is 3.30. The summed E-state index contributed by atoms with van der Waals surface area (Å²) in [5.41, 5.74) is 1.70. The lowest BCUT2D eigenvalue weighted by Crippen LogP contribution is -1.87. The molecular weight excluding hydrogens is 271 g/mol. The molecule has 0 saturated carbocycles. The van der Waals surface area contributed by atoms with E-state index in [2.05, 4.69) is 15.9 Å². The van der Waals surface area contributed by atoms with Crippen molar-refractivity contribution < 1.29 is 9.18 Å². The van der Waals surface area contributed by atoms with Gasteiger partial charge in [0.25, 0.3) is 0 Å². The quantitative estimate of drug-likeness (QED) is 0.757. The van der Waals surface area contributed by atoms with Crippen LogP contribution in [0.2, 0.25) is 0 Å². The molecule has 0 radical (unpaired) electrons. The van der Waals surface area contributed by atoms with Gasteiger partial charge in [-0.15, -0.1) is 0 Å². The number of hydrogen-bond acceptors (Lipinski definition) is 1. The zero-order valence-electron chi connectivity index (χ0n) is 8.28. The molecule has 0 atom stereocenters. The number of halogens is 2. The van der Waals surface area contributed by atoms with Crippen molar-refractivity contribution in [3.8, 4) is 11.1 Å². The summed E-state index contributed by atoms with van der Waals surface area (Å²) in [6.45, 7) is 0. The summed E-state index contributed by atoms with van der Waals surface area (Å²) in [5.74, 6) is -0.308. The average molecular weight is 279 g/mol. The van der Waals surface area contributed by atoms with Gasteiger partial charge in [0.05, 0.1) is 0 Å². The Bertz CT molecular complexity index is 517. The molecule has 0 aromatic heterocycles. The predicted octanol–water partition coefficient (Wildman–Crippen LogP) is 4.07. The molecule has 0 heterocycles. The minimum absolute atomic E-state index is 0.308. The van der Waals surface area contributed by atoms with Gasteiger partial charge in [-0.1, -0.05) is 40.2 Å². The maximum atomic E-state index is 13.7. The van der Waals surface area contributed by atoms with Crippen molar-refractivity contribution in [2.45, 2.75) is 0 Å². The fourth-order valence-corrected chi connectivity index (χ4v) is 2.11. The first-order valence-electron chi connectivity index (χ1n) is 4.72. The van der Waals surface area contributed by atoms with Crippen molar-refractivity contribution in [3.63, 3.8) is 0 Å². The molecule has 0 spiro atoms. The Hall–Kier alpha value is -1.48. The third-order valence-corrected chi connectivity index (χ3v) is 2.93. The first kappa shape index (κ1) is 11.0. The van der Waals surface area contributed by atoms with Crippen LogP contribution in [0.1, 0.15) is 10.4 Å². The lowest BCUT2D eigenvalue weighted by atomic mass is 10.0. The minimum Gasteiger partial charge on any atom is -0.298 e. The summed E-state index contributed by atoms with van der Waals surface area (Å²) < 4.78 is 14.3. The van der Waals surface area contributed by atoms with Gasteiger partial charge in [-0.2, -0.15) is 0 Å². The number of hydrogen-bond donors (Lipinski definition) is 0. The van der Waals surface area contributed by atoms with Crippen molar-refractivity contribution in [2.75, 3.05) is 0 Å². The monoisotopic (exact) mass is 278 g/mol. The van der Waals surface area contributed by atoms with Crippen LogP contribution in [0.25, 0.3) is 11.1 Å². The highest BCUT2D eigenvalue weighted by atomic mass is 79.9. The molecule has 0 aliphatic rings. The Kier molecular flexibility index (Phi) is 3.15. The predicted molar refractivity (Wildman–Crippen MR) is 64.9 cm³/mol. The minimum atomic E-state index is -0.308. The summed E-state index contributed by atoms with van der Waals surface area (Å²) in [6, 6.07) is 11.7. The summed E-state index contributed by atoms with van der Waals surface area (Å²) in [6.07, 6.45) is 0.748. The van der Waals surface area contributed by atoms with Gasteiger partial charge in [-0.25, -0.2) is 4.39 Å². The second-order valence-corrected chi connectivity index (χ2v) is 4.19. The van der Waals surface area contributed by atoms with E-state index in [1.54, 1.807) is 36.4 Å². The molecule has 0 saturated heterocycles. The highest BCUT2D eigenvalue weighted by Gasteiger charge is 2.09. The van der Waals surface area contributed by atoms with Crippen molar-refractivity contribution >= 4 is 22.2 Å². The molecule has 0 aliphatic carbocycles. The maximum absolute atomic E-state index is 13.7. The van der Waals surface area contributed by atoms with Gasteiger partial charge in [0.1, 0.15) is 12.1 Å². The number of carbonyl (C=O) groups excluding carboxylic acids is 1. The summed E-state index contributed by atoms with van der Waals surface area (Å²) in [7, 11) is 0. The Labute approximate surface area is 101 Å². The normalized spacial score (nSPS) is 10.1. The van der Waals surface area contributed by atoms with Crippen LogP contribution in [0.3, 0.4) is 0 Å². The first-order valence-corrected chi connectivity index (χ1v) is 5.51. The number of aldehydes is 1. The lowest BCUT2D eigenvalue weighted by molar-refractivity contribution is 0.112. The standard InChI is InChI=1S/C13H8BrFO/c14-11-5-2-6-12(15)13(11)10-4-1-3-9(7-10)8-16/h1-8H. The summed E-state index contributed by atoms with van der Waals surface area (Å²) in [5, 5.41) is 0. The molecule has 2 aromatic rings. The largest absolute Gasteiger partial charge is 0.298 e. The Morgan fingerprint density at radius 3 is 2.56 bits per heavy atom. The van der Waals surface area contributed by atoms with E-state index in [-0.39, 0.29) is 5.82 Å². The lowest BCUT2D eigenvalue weighted by Gasteiger charge is -2.06. The molecule has 0 aliphatic heterocycles. The number of carbonyl (C=O) groups is 1. The molecule has 80 valence electrons. The van der Waals surface area contributed by atoms with Crippen LogP contribution in [-0.2, 0) is 0 Å². The molecular formula is C13H8BrFO. The van der Waals surface area contributed by atoms with E-state index >= 15 is 0 Å². The van der Waals surface area contributed by atoms with Crippen molar-refractivity contribution in [3.05, 3.63) is 58.3 Å². The maximum Gasteiger partial charge on any atom is 0.150 e. The highest BCUT2D eigenvalue weighted by molar-refractivity contribution is 9.10. The first-order chi connectivity index (χ1) is 7.72. The molecule has 1 nitrogen and oxygen atoms in total. The Morgan fingerprint density at radius 2 is 1.88 bits per heavy atom. The highest BCUT2D eigenvalue weighted by Crippen LogP contribution is 2.30. The fourth-order valence-electron chi connectivity index (χ4n) is 1.54. The topological polar surface area (TPSA) is 17.1 Å².